The number of alkyl halides is 1. The molecule has 4 heteroatoms. The third kappa shape index (κ3) is 2.63. The zero-order chi connectivity index (χ0) is 8.27. The summed E-state index contributed by atoms with van der Waals surface area (Å²) in [7, 11) is 0. The third-order valence-corrected chi connectivity index (χ3v) is 3.23. The Kier molecular flexibility index (Phi) is 3.08. The fourth-order valence-corrected chi connectivity index (χ4v) is 2.12. The van der Waals surface area contributed by atoms with Crippen LogP contribution >= 0.6 is 27.3 Å². The quantitative estimate of drug-likeness (QED) is 0.730. The second-order valence-corrected chi connectivity index (χ2v) is 3.86. The van der Waals surface area contributed by atoms with Crippen molar-refractivity contribution in [2.24, 2.45) is 0 Å². The average Bonchev–Trinajstić information content (AvgIpc) is 2.34. The Labute approximate surface area is 77.0 Å². The monoisotopic (exact) mass is 233 g/mol. The van der Waals surface area contributed by atoms with Crippen molar-refractivity contribution in [1.82, 2.24) is 0 Å². The summed E-state index contributed by atoms with van der Waals surface area (Å²) < 4.78 is 0. The van der Waals surface area contributed by atoms with E-state index in [0.29, 0.717) is 0 Å². The Hall–Kier alpha value is -0.350. The van der Waals surface area contributed by atoms with Gasteiger partial charge < -0.3 is 9.90 Å². The summed E-state index contributed by atoms with van der Waals surface area (Å²) in [5, 5.41) is 10.9. The number of rotatable bonds is 3. The predicted molar refractivity (Wildman–Crippen MR) is 45.7 cm³/mol. The van der Waals surface area contributed by atoms with Crippen molar-refractivity contribution >= 4 is 33.2 Å². The van der Waals surface area contributed by atoms with Crippen LogP contribution in [0.2, 0.25) is 0 Å². The summed E-state index contributed by atoms with van der Waals surface area (Å²) in [6.07, 6.45) is 0.0255. The van der Waals surface area contributed by atoms with E-state index in [4.69, 9.17) is 0 Å². The maximum atomic E-state index is 10.2. The number of aliphatic carboxylic acids is 1. The number of thiophene rings is 1. The zero-order valence-corrected chi connectivity index (χ0v) is 8.07. The van der Waals surface area contributed by atoms with Crippen molar-refractivity contribution in [2.75, 3.05) is 0 Å². The van der Waals surface area contributed by atoms with Gasteiger partial charge in [0, 0.05) is 27.5 Å². The van der Waals surface area contributed by atoms with Crippen LogP contribution in [0.1, 0.15) is 9.75 Å². The smallest absolute Gasteiger partial charge is 0.0466 e. The number of carboxylic acid groups (broad SMARTS) is 1. The van der Waals surface area contributed by atoms with Gasteiger partial charge >= 0.3 is 0 Å². The van der Waals surface area contributed by atoms with Crippen molar-refractivity contribution in [2.45, 2.75) is 11.8 Å². The van der Waals surface area contributed by atoms with Gasteiger partial charge in [-0.25, -0.2) is 0 Å². The minimum Gasteiger partial charge on any atom is -0.550 e. The lowest BCUT2D eigenvalue weighted by Gasteiger charge is -1.95. The molecule has 0 N–H and O–H groups in total. The molecule has 60 valence electrons. The van der Waals surface area contributed by atoms with Crippen molar-refractivity contribution in [3.63, 3.8) is 0 Å². The minimum absolute atomic E-state index is 0.0255. The summed E-state index contributed by atoms with van der Waals surface area (Å²) in [5.74, 6) is -1.02. The molecule has 0 fully saturated rings. The van der Waals surface area contributed by atoms with Crippen molar-refractivity contribution in [3.05, 3.63) is 21.9 Å². The van der Waals surface area contributed by atoms with Crippen molar-refractivity contribution in [1.29, 1.82) is 0 Å². The van der Waals surface area contributed by atoms with Gasteiger partial charge in [0.25, 0.3) is 0 Å². The number of hydrogen-bond acceptors (Lipinski definition) is 3. The summed E-state index contributed by atoms with van der Waals surface area (Å²) in [6.45, 7) is 0. The largest absolute Gasteiger partial charge is 0.550 e. The van der Waals surface area contributed by atoms with E-state index in [2.05, 4.69) is 15.9 Å². The molecule has 1 heterocycles. The Bertz CT molecular complexity index is 257. The van der Waals surface area contributed by atoms with E-state index < -0.39 is 5.97 Å². The minimum atomic E-state index is -1.02. The second kappa shape index (κ2) is 3.88. The molecule has 1 aromatic rings. The molecule has 0 aliphatic heterocycles. The highest BCUT2D eigenvalue weighted by Crippen LogP contribution is 2.18. The molecule has 0 saturated heterocycles. The number of carbonyl (C=O) groups is 1. The van der Waals surface area contributed by atoms with Crippen molar-refractivity contribution < 1.29 is 9.90 Å². The van der Waals surface area contributed by atoms with E-state index in [1.807, 2.05) is 12.1 Å². The first-order chi connectivity index (χ1) is 5.22. The normalized spacial score (nSPS) is 9.91. The van der Waals surface area contributed by atoms with Crippen LogP contribution < -0.4 is 5.11 Å². The summed E-state index contributed by atoms with van der Waals surface area (Å²) in [5.41, 5.74) is 0. The van der Waals surface area contributed by atoms with Gasteiger partial charge in [-0.05, 0) is 12.1 Å². The van der Waals surface area contributed by atoms with Crippen LogP contribution in [0.4, 0.5) is 0 Å². The first kappa shape index (κ1) is 8.74. The summed E-state index contributed by atoms with van der Waals surface area (Å²) in [4.78, 5) is 12.1. The maximum Gasteiger partial charge on any atom is 0.0466 e. The Morgan fingerprint density at radius 3 is 2.64 bits per heavy atom. The molecule has 0 radical (unpaired) electrons. The van der Waals surface area contributed by atoms with E-state index in [1.165, 1.54) is 11.3 Å². The molecule has 0 aliphatic rings. The molecule has 1 rings (SSSR count). The van der Waals surface area contributed by atoms with Crippen LogP contribution in [-0.2, 0) is 16.5 Å². The van der Waals surface area contributed by atoms with Crippen LogP contribution in [0, 0.1) is 0 Å². The van der Waals surface area contributed by atoms with Gasteiger partial charge in [0.2, 0.25) is 0 Å². The van der Waals surface area contributed by atoms with Gasteiger partial charge in [-0.15, -0.1) is 11.3 Å². The molecule has 0 bridgehead atoms. The fraction of sp³-hybridized carbons (Fsp3) is 0.286. The Balaban J connectivity index is 2.65. The highest BCUT2D eigenvalue weighted by molar-refractivity contribution is 9.08. The number of carbonyl (C=O) groups excluding carboxylic acids is 1. The fourth-order valence-electron chi connectivity index (χ4n) is 0.731. The van der Waals surface area contributed by atoms with Crippen molar-refractivity contribution in [3.8, 4) is 0 Å². The van der Waals surface area contributed by atoms with Gasteiger partial charge in [-0.2, -0.15) is 0 Å². The van der Waals surface area contributed by atoms with E-state index >= 15 is 0 Å². The average molecular weight is 234 g/mol. The lowest BCUT2D eigenvalue weighted by molar-refractivity contribution is -0.304. The van der Waals surface area contributed by atoms with Crippen LogP contribution in [0.5, 0.6) is 0 Å². The Morgan fingerprint density at radius 2 is 2.18 bits per heavy atom. The van der Waals surface area contributed by atoms with Gasteiger partial charge in [-0.1, -0.05) is 15.9 Å². The van der Waals surface area contributed by atoms with E-state index in [0.717, 1.165) is 15.1 Å². The topological polar surface area (TPSA) is 40.1 Å². The highest BCUT2D eigenvalue weighted by atomic mass is 79.9. The highest BCUT2D eigenvalue weighted by Gasteiger charge is 1.98. The SMILES string of the molecule is O=C([O-])Cc1ccc(CBr)s1. The number of halogens is 1. The van der Waals surface area contributed by atoms with Gasteiger partial charge in [0.1, 0.15) is 0 Å². The van der Waals surface area contributed by atoms with E-state index in [1.54, 1.807) is 0 Å². The van der Waals surface area contributed by atoms with Gasteiger partial charge in [0.15, 0.2) is 0 Å². The molecule has 0 unspecified atom stereocenters. The molecule has 11 heavy (non-hydrogen) atoms. The third-order valence-electron chi connectivity index (χ3n) is 1.17. The van der Waals surface area contributed by atoms with E-state index in [9.17, 15) is 9.90 Å². The molecular formula is C7H6BrO2S-. The zero-order valence-electron chi connectivity index (χ0n) is 5.67. The molecule has 0 aliphatic carbocycles. The van der Waals surface area contributed by atoms with Crippen LogP contribution in [0.15, 0.2) is 12.1 Å². The second-order valence-electron chi connectivity index (χ2n) is 2.05. The first-order valence-electron chi connectivity index (χ1n) is 3.06. The number of carboxylic acids is 1. The van der Waals surface area contributed by atoms with Crippen LogP contribution in [-0.4, -0.2) is 5.97 Å². The molecule has 1 aromatic heterocycles. The first-order valence-corrected chi connectivity index (χ1v) is 4.99. The summed E-state index contributed by atoms with van der Waals surface area (Å²) in [6, 6.07) is 3.73. The molecule has 0 spiro atoms. The molecule has 0 amide bonds. The van der Waals surface area contributed by atoms with Crippen LogP contribution in [0.3, 0.4) is 0 Å². The Morgan fingerprint density at radius 1 is 1.55 bits per heavy atom. The molecule has 0 saturated carbocycles. The van der Waals surface area contributed by atoms with Gasteiger partial charge in [-0.3, -0.25) is 0 Å². The standard InChI is InChI=1S/C7H7BrO2S/c8-4-6-2-1-5(11-6)3-7(9)10/h1-2H,3-4H2,(H,9,10)/p-1. The molecule has 0 aromatic carbocycles. The number of hydrogen-bond donors (Lipinski definition) is 0. The lowest BCUT2D eigenvalue weighted by Crippen LogP contribution is -2.23. The van der Waals surface area contributed by atoms with Gasteiger partial charge in [0.05, 0.1) is 0 Å². The maximum absolute atomic E-state index is 10.2. The lowest BCUT2D eigenvalue weighted by atomic mass is 10.3. The molecule has 2 nitrogen and oxygen atoms in total. The van der Waals surface area contributed by atoms with E-state index in [-0.39, 0.29) is 6.42 Å². The molecular weight excluding hydrogens is 228 g/mol. The summed E-state index contributed by atoms with van der Waals surface area (Å²) >= 11 is 4.78. The molecule has 0 atom stereocenters. The van der Waals surface area contributed by atoms with Crippen LogP contribution in [0.25, 0.3) is 0 Å². The predicted octanol–water partition coefficient (Wildman–Crippen LogP) is 0.935.